The van der Waals surface area contributed by atoms with Crippen molar-refractivity contribution in [2.75, 3.05) is 0 Å². The molecule has 0 bridgehead atoms. The number of hydrogen-bond donors (Lipinski definition) is 0. The fraction of sp³-hybridized carbons (Fsp3) is 0. The van der Waals surface area contributed by atoms with Crippen LogP contribution in [0, 0.1) is 0 Å². The number of carboxylic acid groups (broad SMARTS) is 2. The molecule has 0 saturated carbocycles. The average Bonchev–Trinajstić information content (AvgIpc) is 1.61. The van der Waals surface area contributed by atoms with Gasteiger partial charge in [-0.25, -0.2) is 0 Å². The molecule has 0 aliphatic carbocycles. The summed E-state index contributed by atoms with van der Waals surface area (Å²) in [6.07, 6.45) is 0.769. The maximum atomic E-state index is 9.41. The first-order chi connectivity index (χ1) is 3.63. The Labute approximate surface area is 61.7 Å². The summed E-state index contributed by atoms with van der Waals surface area (Å²) >= 11 is 0. The second-order valence-electron chi connectivity index (χ2n) is 0.971. The fourth-order valence-electron chi connectivity index (χ4n) is 0.136. The topological polar surface area (TPSA) is 80.3 Å². The van der Waals surface area contributed by atoms with Crippen molar-refractivity contribution in [2.45, 2.75) is 0 Å². The van der Waals surface area contributed by atoms with E-state index in [1.807, 2.05) is 0 Å². The maximum absolute atomic E-state index is 9.41. The van der Waals surface area contributed by atoms with Gasteiger partial charge < -0.3 is 19.8 Å². The van der Waals surface area contributed by atoms with Crippen LogP contribution in [0.15, 0.2) is 12.2 Å². The number of rotatable bonds is 2. The van der Waals surface area contributed by atoms with Crippen molar-refractivity contribution in [2.24, 2.45) is 0 Å². The molecule has 4 nitrogen and oxygen atoms in total. The predicted molar refractivity (Wildman–Crippen MR) is 19.2 cm³/mol. The summed E-state index contributed by atoms with van der Waals surface area (Å²) in [6, 6.07) is 0. The van der Waals surface area contributed by atoms with E-state index in [2.05, 4.69) is 0 Å². The molecule has 0 aromatic heterocycles. The minimum Gasteiger partial charge on any atom is -0.545 e. The number of aliphatic carboxylic acids is 2. The monoisotopic (exact) mass is 170 g/mol. The summed E-state index contributed by atoms with van der Waals surface area (Å²) in [5.41, 5.74) is 0. The number of carbonyl (C=O) groups is 2. The molecule has 0 fully saturated rings. The van der Waals surface area contributed by atoms with Crippen LogP contribution in [0.2, 0.25) is 0 Å². The van der Waals surface area contributed by atoms with Gasteiger partial charge in [0.1, 0.15) is 0 Å². The van der Waals surface area contributed by atoms with Gasteiger partial charge in [-0.3, -0.25) is 0 Å². The molecule has 0 spiro atoms. The quantitative estimate of drug-likeness (QED) is 0.327. The SMILES string of the molecule is O=C([O-])/C=C\C(=O)[O-].[Fe+3]. The molecule has 0 rings (SSSR count). The number of carboxylic acids is 2. The Balaban J connectivity index is 0. The third-order valence-corrected chi connectivity index (χ3v) is 0.355. The van der Waals surface area contributed by atoms with Gasteiger partial charge in [0.2, 0.25) is 0 Å². The van der Waals surface area contributed by atoms with Crippen molar-refractivity contribution in [3.05, 3.63) is 12.2 Å². The van der Waals surface area contributed by atoms with E-state index in [4.69, 9.17) is 0 Å². The van der Waals surface area contributed by atoms with Gasteiger partial charge in [0, 0.05) is 0 Å². The molecule has 0 aliphatic rings. The van der Waals surface area contributed by atoms with Gasteiger partial charge in [0.05, 0.1) is 11.9 Å². The summed E-state index contributed by atoms with van der Waals surface area (Å²) in [6.45, 7) is 0. The molecular weight excluding hydrogens is 168 g/mol. The van der Waals surface area contributed by atoms with E-state index >= 15 is 0 Å². The minimum atomic E-state index is -1.55. The molecule has 0 unspecified atom stereocenters. The number of hydrogen-bond acceptors (Lipinski definition) is 4. The van der Waals surface area contributed by atoms with Gasteiger partial charge in [-0.15, -0.1) is 0 Å². The molecule has 0 aromatic carbocycles. The van der Waals surface area contributed by atoms with Crippen LogP contribution in [0.4, 0.5) is 0 Å². The van der Waals surface area contributed by atoms with E-state index in [9.17, 15) is 19.8 Å². The fourth-order valence-corrected chi connectivity index (χ4v) is 0.136. The Hall–Kier alpha value is -0.801. The zero-order chi connectivity index (χ0) is 6.57. The molecule has 1 radical (unpaired) electrons. The molecule has 9 heavy (non-hydrogen) atoms. The van der Waals surface area contributed by atoms with Crippen LogP contribution in [0.1, 0.15) is 0 Å². The van der Waals surface area contributed by atoms with Crippen molar-refractivity contribution >= 4 is 11.9 Å². The van der Waals surface area contributed by atoms with E-state index in [1.54, 1.807) is 0 Å². The van der Waals surface area contributed by atoms with Gasteiger partial charge in [0.25, 0.3) is 0 Å². The largest absolute Gasteiger partial charge is 3.00 e. The Morgan fingerprint density at radius 1 is 1.00 bits per heavy atom. The summed E-state index contributed by atoms with van der Waals surface area (Å²) in [5, 5.41) is 18.8. The molecule has 0 atom stereocenters. The molecule has 0 aliphatic heterocycles. The molecule has 0 amide bonds. The van der Waals surface area contributed by atoms with Crippen molar-refractivity contribution in [1.29, 1.82) is 0 Å². The maximum Gasteiger partial charge on any atom is 3.00 e. The summed E-state index contributed by atoms with van der Waals surface area (Å²) in [7, 11) is 0. The minimum absolute atomic E-state index is 0. The van der Waals surface area contributed by atoms with Gasteiger partial charge in [-0.2, -0.15) is 0 Å². The van der Waals surface area contributed by atoms with Gasteiger partial charge in [-0.1, -0.05) is 0 Å². The smallest absolute Gasteiger partial charge is 0.545 e. The summed E-state index contributed by atoms with van der Waals surface area (Å²) in [5.74, 6) is -3.09. The second-order valence-corrected chi connectivity index (χ2v) is 0.971. The molecule has 5 heteroatoms. The van der Waals surface area contributed by atoms with Crippen molar-refractivity contribution in [3.63, 3.8) is 0 Å². The average molecular weight is 170 g/mol. The standard InChI is InChI=1S/C4H4O4.Fe/c5-3(6)1-2-4(7)8;/h1-2H,(H,5,6)(H,7,8);/q;+3/p-2/b2-1-;. The number of carbonyl (C=O) groups excluding carboxylic acids is 2. The zero-order valence-electron chi connectivity index (χ0n) is 4.14. The third-order valence-electron chi connectivity index (χ3n) is 0.355. The van der Waals surface area contributed by atoms with Crippen LogP contribution in [-0.2, 0) is 26.7 Å². The summed E-state index contributed by atoms with van der Waals surface area (Å²) < 4.78 is 0. The zero-order valence-corrected chi connectivity index (χ0v) is 5.25. The molecule has 49 valence electrons. The first kappa shape index (κ1) is 11.1. The molecular formula is C4H2FeO4+. The van der Waals surface area contributed by atoms with E-state index in [0.29, 0.717) is 12.2 Å². The van der Waals surface area contributed by atoms with E-state index in [0.717, 1.165) is 0 Å². The Kier molecular flexibility index (Phi) is 6.56. The van der Waals surface area contributed by atoms with Crippen LogP contribution in [0.3, 0.4) is 0 Å². The Morgan fingerprint density at radius 3 is 1.33 bits per heavy atom. The van der Waals surface area contributed by atoms with Crippen LogP contribution in [-0.4, -0.2) is 11.9 Å². The van der Waals surface area contributed by atoms with E-state index in [-0.39, 0.29) is 17.1 Å². The van der Waals surface area contributed by atoms with E-state index in [1.165, 1.54) is 0 Å². The molecule has 0 heterocycles. The molecule has 0 saturated heterocycles. The Morgan fingerprint density at radius 2 is 1.22 bits per heavy atom. The van der Waals surface area contributed by atoms with Crippen molar-refractivity contribution < 1.29 is 36.9 Å². The van der Waals surface area contributed by atoms with Crippen LogP contribution in [0.5, 0.6) is 0 Å². The van der Waals surface area contributed by atoms with Crippen LogP contribution in [0.25, 0.3) is 0 Å². The predicted octanol–water partition coefficient (Wildman–Crippen LogP) is -2.96. The van der Waals surface area contributed by atoms with Crippen LogP contribution >= 0.6 is 0 Å². The summed E-state index contributed by atoms with van der Waals surface area (Å²) in [4.78, 5) is 18.8. The van der Waals surface area contributed by atoms with Crippen molar-refractivity contribution in [1.82, 2.24) is 0 Å². The first-order valence-electron chi connectivity index (χ1n) is 1.73. The van der Waals surface area contributed by atoms with Gasteiger partial charge in [-0.05, 0) is 12.2 Å². The van der Waals surface area contributed by atoms with Crippen LogP contribution < -0.4 is 10.2 Å². The first-order valence-corrected chi connectivity index (χ1v) is 1.73. The normalized spacial score (nSPS) is 8.44. The third kappa shape index (κ3) is 11.0. The molecule has 0 N–H and O–H groups in total. The molecule has 0 aromatic rings. The second kappa shape index (κ2) is 5.34. The van der Waals surface area contributed by atoms with Crippen molar-refractivity contribution in [3.8, 4) is 0 Å². The van der Waals surface area contributed by atoms with Gasteiger partial charge >= 0.3 is 17.1 Å². The Bertz CT molecular complexity index is 124. The van der Waals surface area contributed by atoms with E-state index < -0.39 is 11.9 Å². The van der Waals surface area contributed by atoms with Gasteiger partial charge in [0.15, 0.2) is 0 Å².